The predicted octanol–water partition coefficient (Wildman–Crippen LogP) is 4.47. The second kappa shape index (κ2) is 6.72. The standard InChI is InChI=1S/C14H11BrClNO3/c1-2-19-14(18)9-3-4-11(16)13(7-9)20-12-5-6-17-8-10(12)15/h3-8H,2H2,1H3. The van der Waals surface area contributed by atoms with Crippen LogP contribution in [0, 0.1) is 0 Å². The van der Waals surface area contributed by atoms with Crippen LogP contribution in [0.4, 0.5) is 0 Å². The number of hydrogen-bond acceptors (Lipinski definition) is 4. The fourth-order valence-corrected chi connectivity index (χ4v) is 1.97. The van der Waals surface area contributed by atoms with E-state index in [0.29, 0.717) is 33.2 Å². The molecule has 0 N–H and O–H groups in total. The SMILES string of the molecule is CCOC(=O)c1ccc(Cl)c(Oc2ccncc2Br)c1. The van der Waals surface area contributed by atoms with Gasteiger partial charge >= 0.3 is 5.97 Å². The summed E-state index contributed by atoms with van der Waals surface area (Å²) in [6.45, 7) is 2.06. The van der Waals surface area contributed by atoms with Gasteiger partial charge in [0, 0.05) is 18.5 Å². The number of esters is 1. The summed E-state index contributed by atoms with van der Waals surface area (Å²) in [5.74, 6) is 0.523. The molecule has 4 nitrogen and oxygen atoms in total. The normalized spacial score (nSPS) is 10.2. The van der Waals surface area contributed by atoms with E-state index in [1.165, 1.54) is 0 Å². The lowest BCUT2D eigenvalue weighted by atomic mass is 10.2. The van der Waals surface area contributed by atoms with Gasteiger partial charge in [0.1, 0.15) is 11.5 Å². The molecule has 0 unspecified atom stereocenters. The van der Waals surface area contributed by atoms with E-state index >= 15 is 0 Å². The molecule has 2 rings (SSSR count). The summed E-state index contributed by atoms with van der Waals surface area (Å²) in [4.78, 5) is 15.6. The van der Waals surface area contributed by atoms with E-state index in [9.17, 15) is 4.79 Å². The zero-order valence-electron chi connectivity index (χ0n) is 10.6. The van der Waals surface area contributed by atoms with Gasteiger partial charge in [0.25, 0.3) is 0 Å². The minimum absolute atomic E-state index is 0.313. The molecule has 1 heterocycles. The quantitative estimate of drug-likeness (QED) is 0.759. The van der Waals surface area contributed by atoms with Gasteiger partial charge in [-0.2, -0.15) is 0 Å². The topological polar surface area (TPSA) is 48.4 Å². The summed E-state index contributed by atoms with van der Waals surface area (Å²) in [5.41, 5.74) is 0.386. The molecule has 0 radical (unpaired) electrons. The van der Waals surface area contributed by atoms with Crippen LogP contribution in [-0.2, 0) is 4.74 Å². The summed E-state index contributed by atoms with van der Waals surface area (Å²) in [6, 6.07) is 6.43. The molecule has 0 aliphatic rings. The fraction of sp³-hybridized carbons (Fsp3) is 0.143. The van der Waals surface area contributed by atoms with Crippen LogP contribution >= 0.6 is 27.5 Å². The highest BCUT2D eigenvalue weighted by molar-refractivity contribution is 9.10. The van der Waals surface area contributed by atoms with Crippen molar-refractivity contribution in [2.45, 2.75) is 6.92 Å². The Bertz CT molecular complexity index is 634. The lowest BCUT2D eigenvalue weighted by molar-refractivity contribution is 0.0526. The third-order valence-corrected chi connectivity index (χ3v) is 3.31. The molecule has 0 saturated carbocycles. The monoisotopic (exact) mass is 355 g/mol. The van der Waals surface area contributed by atoms with Crippen molar-refractivity contribution in [2.75, 3.05) is 6.61 Å². The van der Waals surface area contributed by atoms with Crippen molar-refractivity contribution in [3.63, 3.8) is 0 Å². The molecule has 1 aromatic carbocycles. The zero-order chi connectivity index (χ0) is 14.5. The first-order valence-electron chi connectivity index (χ1n) is 5.86. The second-order valence-electron chi connectivity index (χ2n) is 3.77. The van der Waals surface area contributed by atoms with Crippen LogP contribution in [0.3, 0.4) is 0 Å². The maximum atomic E-state index is 11.7. The molecule has 0 aliphatic carbocycles. The molecule has 0 saturated heterocycles. The Morgan fingerprint density at radius 3 is 2.85 bits per heavy atom. The highest BCUT2D eigenvalue weighted by Crippen LogP contribution is 2.33. The first-order chi connectivity index (χ1) is 9.61. The van der Waals surface area contributed by atoms with Gasteiger partial charge in [-0.3, -0.25) is 4.98 Å². The highest BCUT2D eigenvalue weighted by atomic mass is 79.9. The summed E-state index contributed by atoms with van der Waals surface area (Å²) < 4.78 is 11.3. The average Bonchev–Trinajstić information content (AvgIpc) is 2.44. The van der Waals surface area contributed by atoms with Crippen molar-refractivity contribution in [2.24, 2.45) is 0 Å². The Morgan fingerprint density at radius 1 is 1.35 bits per heavy atom. The van der Waals surface area contributed by atoms with E-state index in [2.05, 4.69) is 20.9 Å². The number of nitrogens with zero attached hydrogens (tertiary/aromatic N) is 1. The molecular weight excluding hydrogens is 346 g/mol. The molecule has 0 bridgehead atoms. The van der Waals surface area contributed by atoms with Crippen LogP contribution in [0.25, 0.3) is 0 Å². The van der Waals surface area contributed by atoms with Crippen molar-refractivity contribution in [1.82, 2.24) is 4.98 Å². The molecule has 0 atom stereocenters. The number of carbonyl (C=O) groups is 1. The fourth-order valence-electron chi connectivity index (χ4n) is 1.49. The Balaban J connectivity index is 2.30. The maximum absolute atomic E-state index is 11.7. The number of benzene rings is 1. The van der Waals surface area contributed by atoms with Gasteiger partial charge < -0.3 is 9.47 Å². The lowest BCUT2D eigenvalue weighted by Crippen LogP contribution is -2.04. The predicted molar refractivity (Wildman–Crippen MR) is 79.4 cm³/mol. The van der Waals surface area contributed by atoms with E-state index in [1.54, 1.807) is 43.6 Å². The van der Waals surface area contributed by atoms with Crippen LogP contribution in [0.2, 0.25) is 5.02 Å². The van der Waals surface area contributed by atoms with Crippen LogP contribution < -0.4 is 4.74 Å². The van der Waals surface area contributed by atoms with Crippen molar-refractivity contribution in [1.29, 1.82) is 0 Å². The minimum atomic E-state index is -0.414. The minimum Gasteiger partial charge on any atom is -0.462 e. The molecule has 0 fully saturated rings. The first-order valence-corrected chi connectivity index (χ1v) is 7.03. The number of carbonyl (C=O) groups excluding carboxylic acids is 1. The molecule has 1 aromatic heterocycles. The number of halogens is 2. The van der Waals surface area contributed by atoms with Gasteiger partial charge in [0.2, 0.25) is 0 Å². The van der Waals surface area contributed by atoms with Crippen LogP contribution in [-0.4, -0.2) is 17.6 Å². The Hall–Kier alpha value is -1.59. The molecule has 0 aliphatic heterocycles. The van der Waals surface area contributed by atoms with Gasteiger partial charge in [-0.1, -0.05) is 11.6 Å². The van der Waals surface area contributed by atoms with E-state index in [-0.39, 0.29) is 0 Å². The van der Waals surface area contributed by atoms with Crippen LogP contribution in [0.5, 0.6) is 11.5 Å². The van der Waals surface area contributed by atoms with E-state index in [1.807, 2.05) is 0 Å². The molecule has 20 heavy (non-hydrogen) atoms. The molecule has 0 amide bonds. The number of hydrogen-bond donors (Lipinski definition) is 0. The second-order valence-corrected chi connectivity index (χ2v) is 5.04. The largest absolute Gasteiger partial charge is 0.462 e. The molecule has 104 valence electrons. The number of rotatable bonds is 4. The number of pyridine rings is 1. The van der Waals surface area contributed by atoms with Gasteiger partial charge in [0.15, 0.2) is 0 Å². The first kappa shape index (κ1) is 14.8. The summed E-state index contributed by atoms with van der Waals surface area (Å²) >= 11 is 9.40. The summed E-state index contributed by atoms with van der Waals surface area (Å²) in [7, 11) is 0. The third kappa shape index (κ3) is 3.49. The van der Waals surface area contributed by atoms with Crippen molar-refractivity contribution in [3.8, 4) is 11.5 Å². The Kier molecular flexibility index (Phi) is 4.98. The summed E-state index contributed by atoms with van der Waals surface area (Å²) in [5, 5.41) is 0.404. The van der Waals surface area contributed by atoms with Crippen LogP contribution in [0.1, 0.15) is 17.3 Å². The Morgan fingerprint density at radius 2 is 2.15 bits per heavy atom. The third-order valence-electron chi connectivity index (χ3n) is 2.40. The summed E-state index contributed by atoms with van der Waals surface area (Å²) in [6.07, 6.45) is 3.21. The Labute approximate surface area is 129 Å². The van der Waals surface area contributed by atoms with Crippen molar-refractivity contribution < 1.29 is 14.3 Å². The van der Waals surface area contributed by atoms with E-state index in [4.69, 9.17) is 21.1 Å². The van der Waals surface area contributed by atoms with Crippen LogP contribution in [0.15, 0.2) is 41.1 Å². The smallest absolute Gasteiger partial charge is 0.338 e. The highest BCUT2D eigenvalue weighted by Gasteiger charge is 2.12. The van der Waals surface area contributed by atoms with Crippen molar-refractivity contribution in [3.05, 3.63) is 51.7 Å². The van der Waals surface area contributed by atoms with Gasteiger partial charge in [0.05, 0.1) is 21.7 Å². The molecule has 6 heteroatoms. The van der Waals surface area contributed by atoms with E-state index < -0.39 is 5.97 Å². The van der Waals surface area contributed by atoms with E-state index in [0.717, 1.165) is 0 Å². The zero-order valence-corrected chi connectivity index (χ0v) is 12.9. The number of ether oxygens (including phenoxy) is 2. The van der Waals surface area contributed by atoms with Gasteiger partial charge in [-0.25, -0.2) is 4.79 Å². The lowest BCUT2D eigenvalue weighted by Gasteiger charge is -2.10. The van der Waals surface area contributed by atoms with Gasteiger partial charge in [-0.05, 0) is 41.1 Å². The average molecular weight is 357 g/mol. The van der Waals surface area contributed by atoms with Gasteiger partial charge in [-0.15, -0.1) is 0 Å². The maximum Gasteiger partial charge on any atom is 0.338 e. The molecular formula is C14H11BrClNO3. The molecule has 2 aromatic rings. The number of aromatic nitrogens is 1. The van der Waals surface area contributed by atoms with Crippen molar-refractivity contribution >= 4 is 33.5 Å². The molecule has 0 spiro atoms.